The number of nitrogen functional groups attached to an aromatic ring is 1. The molecule has 0 heterocycles. The van der Waals surface area contributed by atoms with E-state index in [1.807, 2.05) is 36.4 Å². The first-order valence-corrected chi connectivity index (χ1v) is 11.7. The molecular weight excluding hydrogens is 426 g/mol. The second-order valence-electron chi connectivity index (χ2n) is 8.67. The van der Waals surface area contributed by atoms with E-state index >= 15 is 0 Å². The summed E-state index contributed by atoms with van der Waals surface area (Å²) in [6, 6.07) is 41.7. The van der Waals surface area contributed by atoms with Crippen molar-refractivity contribution in [3.05, 3.63) is 139 Å². The molecule has 0 amide bonds. The van der Waals surface area contributed by atoms with E-state index in [2.05, 4.69) is 98.4 Å². The van der Waals surface area contributed by atoms with Crippen molar-refractivity contribution in [3.8, 4) is 39.1 Å². The quantitative estimate of drug-likeness (QED) is 0.206. The van der Waals surface area contributed by atoms with Gasteiger partial charge in [-0.3, -0.25) is 0 Å². The van der Waals surface area contributed by atoms with Crippen LogP contribution in [0.15, 0.2) is 128 Å². The first-order valence-electron chi connectivity index (χ1n) is 11.7. The average Bonchev–Trinajstić information content (AvgIpc) is 2.90. The van der Waals surface area contributed by atoms with Crippen LogP contribution in [0, 0.1) is 6.92 Å². The van der Waals surface area contributed by atoms with Gasteiger partial charge >= 0.3 is 0 Å². The minimum absolute atomic E-state index is 0.567. The van der Waals surface area contributed by atoms with Gasteiger partial charge in [-0.25, -0.2) is 0 Å². The van der Waals surface area contributed by atoms with E-state index < -0.39 is 0 Å². The molecular formula is C33H27NO. The molecule has 0 aromatic heterocycles. The molecule has 0 aliphatic heterocycles. The highest BCUT2D eigenvalue weighted by Gasteiger charge is 2.07. The molecule has 0 unspecified atom stereocenters. The van der Waals surface area contributed by atoms with Gasteiger partial charge in [0, 0.05) is 5.56 Å². The van der Waals surface area contributed by atoms with Gasteiger partial charge in [0.2, 0.25) is 0 Å². The number of benzene rings is 5. The monoisotopic (exact) mass is 453 g/mol. The van der Waals surface area contributed by atoms with Crippen LogP contribution in [0.25, 0.3) is 39.1 Å². The Balaban J connectivity index is 1.34. The molecule has 5 aromatic carbocycles. The van der Waals surface area contributed by atoms with Crippen molar-refractivity contribution in [2.24, 2.45) is 0 Å². The number of hydrogen-bond donors (Lipinski definition) is 1. The van der Waals surface area contributed by atoms with Crippen molar-refractivity contribution in [3.63, 3.8) is 0 Å². The summed E-state index contributed by atoms with van der Waals surface area (Å²) in [6.45, 7) is 6.20. The Morgan fingerprint density at radius 1 is 0.571 bits per heavy atom. The molecule has 0 atom stereocenters. The highest BCUT2D eigenvalue weighted by molar-refractivity contribution is 5.76. The predicted molar refractivity (Wildman–Crippen MR) is 148 cm³/mol. The highest BCUT2D eigenvalue weighted by Crippen LogP contribution is 2.30. The van der Waals surface area contributed by atoms with Gasteiger partial charge in [0.25, 0.3) is 0 Å². The zero-order chi connectivity index (χ0) is 24.2. The van der Waals surface area contributed by atoms with Gasteiger partial charge in [-0.1, -0.05) is 115 Å². The molecule has 0 fully saturated rings. The third kappa shape index (κ3) is 5.02. The Morgan fingerprint density at radius 3 is 1.66 bits per heavy atom. The summed E-state index contributed by atoms with van der Waals surface area (Å²) >= 11 is 0. The van der Waals surface area contributed by atoms with Crippen LogP contribution in [0.5, 0.6) is 5.75 Å². The Bertz CT molecular complexity index is 1480. The Labute approximate surface area is 207 Å². The van der Waals surface area contributed by atoms with E-state index in [1.54, 1.807) is 0 Å². The van der Waals surface area contributed by atoms with Crippen molar-refractivity contribution < 1.29 is 4.74 Å². The van der Waals surface area contributed by atoms with Gasteiger partial charge in [-0.05, 0) is 58.5 Å². The third-order valence-electron chi connectivity index (χ3n) is 6.12. The van der Waals surface area contributed by atoms with Crippen LogP contribution in [0.1, 0.15) is 11.1 Å². The van der Waals surface area contributed by atoms with E-state index in [0.717, 1.165) is 16.7 Å². The van der Waals surface area contributed by atoms with Crippen molar-refractivity contribution in [1.29, 1.82) is 0 Å². The number of nitrogens with two attached hydrogens (primary N) is 1. The SMILES string of the molecule is C=C(Oc1ccccc1N)c1ccc(-c2cccc(-c3ccc(-c4cccc(C)c4)cc3)c2)cc1. The Kier molecular flexibility index (Phi) is 6.19. The Morgan fingerprint density at radius 2 is 1.09 bits per heavy atom. The Hall–Kier alpha value is -4.56. The molecule has 2 heteroatoms. The van der Waals surface area contributed by atoms with E-state index in [1.165, 1.54) is 27.8 Å². The van der Waals surface area contributed by atoms with Crippen LogP contribution < -0.4 is 10.5 Å². The summed E-state index contributed by atoms with van der Waals surface area (Å²) in [6.07, 6.45) is 0. The number of anilines is 1. The predicted octanol–water partition coefficient (Wildman–Crippen LogP) is 8.63. The van der Waals surface area contributed by atoms with Crippen LogP contribution in [-0.2, 0) is 0 Å². The molecule has 2 nitrogen and oxygen atoms in total. The molecule has 2 N–H and O–H groups in total. The number of ether oxygens (including phenoxy) is 1. The molecule has 0 radical (unpaired) electrons. The van der Waals surface area contributed by atoms with Gasteiger partial charge in [0.15, 0.2) is 0 Å². The largest absolute Gasteiger partial charge is 0.455 e. The maximum Gasteiger partial charge on any atom is 0.150 e. The number of hydrogen-bond acceptors (Lipinski definition) is 2. The smallest absolute Gasteiger partial charge is 0.150 e. The van der Waals surface area contributed by atoms with Crippen LogP contribution >= 0.6 is 0 Å². The summed E-state index contributed by atoms with van der Waals surface area (Å²) in [5.41, 5.74) is 15.9. The van der Waals surface area contributed by atoms with Gasteiger partial charge in [-0.2, -0.15) is 0 Å². The fourth-order valence-corrected chi connectivity index (χ4v) is 4.17. The highest BCUT2D eigenvalue weighted by atomic mass is 16.5. The molecule has 0 saturated carbocycles. The molecule has 0 aliphatic rings. The minimum Gasteiger partial charge on any atom is -0.455 e. The summed E-state index contributed by atoms with van der Waals surface area (Å²) in [5.74, 6) is 1.18. The fraction of sp³-hybridized carbons (Fsp3) is 0.0303. The van der Waals surface area contributed by atoms with Gasteiger partial charge in [0.1, 0.15) is 11.5 Å². The second-order valence-corrected chi connectivity index (χ2v) is 8.67. The van der Waals surface area contributed by atoms with E-state index in [9.17, 15) is 0 Å². The third-order valence-corrected chi connectivity index (χ3v) is 6.12. The van der Waals surface area contributed by atoms with E-state index in [-0.39, 0.29) is 0 Å². The minimum atomic E-state index is 0.567. The lowest BCUT2D eigenvalue weighted by Gasteiger charge is -2.12. The summed E-state index contributed by atoms with van der Waals surface area (Å²) in [5, 5.41) is 0. The van der Waals surface area contributed by atoms with Crippen LogP contribution in [0.4, 0.5) is 5.69 Å². The number of rotatable bonds is 6. The maximum absolute atomic E-state index is 5.99. The van der Waals surface area contributed by atoms with Gasteiger partial charge in [-0.15, -0.1) is 0 Å². The summed E-state index contributed by atoms with van der Waals surface area (Å²) < 4.78 is 5.88. The maximum atomic E-state index is 5.99. The molecule has 0 saturated heterocycles. The normalized spacial score (nSPS) is 10.7. The zero-order valence-electron chi connectivity index (χ0n) is 19.7. The van der Waals surface area contributed by atoms with Crippen molar-refractivity contribution in [2.45, 2.75) is 6.92 Å². The topological polar surface area (TPSA) is 35.2 Å². The van der Waals surface area contributed by atoms with Gasteiger partial charge < -0.3 is 10.5 Å². The van der Waals surface area contributed by atoms with Crippen molar-refractivity contribution in [1.82, 2.24) is 0 Å². The van der Waals surface area contributed by atoms with Crippen LogP contribution in [0.3, 0.4) is 0 Å². The molecule has 5 rings (SSSR count). The van der Waals surface area contributed by atoms with Crippen LogP contribution in [-0.4, -0.2) is 0 Å². The molecule has 35 heavy (non-hydrogen) atoms. The van der Waals surface area contributed by atoms with Crippen LogP contribution in [0.2, 0.25) is 0 Å². The number of para-hydroxylation sites is 2. The lowest BCUT2D eigenvalue weighted by Crippen LogP contribution is -1.97. The first-order chi connectivity index (χ1) is 17.1. The van der Waals surface area contributed by atoms with E-state index in [4.69, 9.17) is 10.5 Å². The molecule has 5 aromatic rings. The standard InChI is InChI=1S/C33H27NO/c1-23-7-5-8-29(21-23)26-17-19-28(20-18-26)31-10-6-9-30(22-31)27-15-13-25(14-16-27)24(2)35-33-12-4-3-11-32(33)34/h3-22H,2,34H2,1H3. The fourth-order valence-electron chi connectivity index (χ4n) is 4.17. The van der Waals surface area contributed by atoms with Gasteiger partial charge in [0.05, 0.1) is 5.69 Å². The average molecular weight is 454 g/mol. The lowest BCUT2D eigenvalue weighted by atomic mass is 9.96. The first kappa shape index (κ1) is 22.2. The molecule has 0 spiro atoms. The lowest BCUT2D eigenvalue weighted by molar-refractivity contribution is 0.519. The zero-order valence-corrected chi connectivity index (χ0v) is 19.7. The molecule has 0 aliphatic carbocycles. The summed E-state index contributed by atoms with van der Waals surface area (Å²) in [7, 11) is 0. The summed E-state index contributed by atoms with van der Waals surface area (Å²) in [4.78, 5) is 0. The van der Waals surface area contributed by atoms with Crippen molar-refractivity contribution >= 4 is 11.4 Å². The number of aryl methyl sites for hydroxylation is 1. The molecule has 0 bridgehead atoms. The molecule has 170 valence electrons. The van der Waals surface area contributed by atoms with Crippen molar-refractivity contribution in [2.75, 3.05) is 5.73 Å². The second kappa shape index (κ2) is 9.74. The van der Waals surface area contributed by atoms with E-state index in [0.29, 0.717) is 17.2 Å².